The molecule has 0 spiro atoms. The van der Waals surface area contributed by atoms with E-state index in [4.69, 9.17) is 9.47 Å². The zero-order valence-corrected chi connectivity index (χ0v) is 15.7. The third-order valence-corrected chi connectivity index (χ3v) is 4.59. The molecule has 0 radical (unpaired) electrons. The molecule has 26 heavy (non-hydrogen) atoms. The molecule has 0 fully saturated rings. The largest absolute Gasteiger partial charge is 0.493 e. The fourth-order valence-electron chi connectivity index (χ4n) is 3.40. The Labute approximate surface area is 153 Å². The Hall–Kier alpha value is -2.79. The fourth-order valence-corrected chi connectivity index (χ4v) is 3.40. The van der Waals surface area contributed by atoms with Gasteiger partial charge in [-0.3, -0.25) is 4.79 Å². The molecule has 3 rings (SSSR count). The summed E-state index contributed by atoms with van der Waals surface area (Å²) in [6.07, 6.45) is 0. The van der Waals surface area contributed by atoms with E-state index in [2.05, 4.69) is 4.98 Å². The van der Waals surface area contributed by atoms with Gasteiger partial charge in [0.25, 0.3) is 0 Å². The standard InChI is InChI=1S/C21H24N2O3/c1-14-21(16-7-5-6-8-17(16)22-14)18(24)13-23(2)12-15-9-10-19(25-3)20(11-15)26-4/h5-11,22H,12-13H2,1-4H3/p+1. The highest BCUT2D eigenvalue weighted by Crippen LogP contribution is 2.27. The molecule has 5 heteroatoms. The van der Waals surface area contributed by atoms with Crippen LogP contribution in [-0.2, 0) is 6.54 Å². The SMILES string of the molecule is COc1ccc(C[NH+](C)CC(=O)c2c(C)[nH]c3ccccc23)cc1OC. The Balaban J connectivity index is 1.74. The first-order chi connectivity index (χ1) is 12.5. The number of H-pyrrole nitrogens is 1. The van der Waals surface area contributed by atoms with E-state index in [-0.39, 0.29) is 5.78 Å². The van der Waals surface area contributed by atoms with Crippen molar-refractivity contribution in [2.24, 2.45) is 0 Å². The van der Waals surface area contributed by atoms with Crippen LogP contribution in [0, 0.1) is 6.92 Å². The number of carbonyl (C=O) groups excluding carboxylic acids is 1. The predicted octanol–water partition coefficient (Wildman–Crippen LogP) is 2.39. The summed E-state index contributed by atoms with van der Waals surface area (Å²) in [5, 5.41) is 0.994. The molecule has 1 atom stereocenters. The number of hydrogen-bond donors (Lipinski definition) is 2. The van der Waals surface area contributed by atoms with Crippen molar-refractivity contribution in [2.45, 2.75) is 13.5 Å². The third kappa shape index (κ3) is 3.58. The van der Waals surface area contributed by atoms with Gasteiger partial charge in [0.2, 0.25) is 5.78 Å². The topological polar surface area (TPSA) is 55.8 Å². The summed E-state index contributed by atoms with van der Waals surface area (Å²) in [5.74, 6) is 1.56. The second-order valence-electron chi connectivity index (χ2n) is 6.59. The Bertz CT molecular complexity index is 930. The molecule has 3 aromatic rings. The number of rotatable bonds is 7. The van der Waals surface area contributed by atoms with Crippen LogP contribution in [-0.4, -0.2) is 38.6 Å². The number of aromatic amines is 1. The van der Waals surface area contributed by atoms with Crippen LogP contribution < -0.4 is 14.4 Å². The van der Waals surface area contributed by atoms with E-state index in [0.29, 0.717) is 18.0 Å². The second kappa shape index (κ2) is 7.62. The lowest BCUT2D eigenvalue weighted by Crippen LogP contribution is -3.08. The summed E-state index contributed by atoms with van der Waals surface area (Å²) in [7, 11) is 5.28. The Morgan fingerprint density at radius 1 is 1.08 bits per heavy atom. The number of nitrogens with one attached hydrogen (secondary N) is 2. The number of benzene rings is 2. The van der Waals surface area contributed by atoms with Gasteiger partial charge in [0, 0.05) is 22.2 Å². The summed E-state index contributed by atoms with van der Waals surface area (Å²) in [6, 6.07) is 13.8. The number of likely N-dealkylation sites (N-methyl/N-ethyl adjacent to an activating group) is 1. The molecule has 0 aliphatic carbocycles. The molecular weight excluding hydrogens is 328 g/mol. The van der Waals surface area contributed by atoms with Crippen molar-refractivity contribution < 1.29 is 19.2 Å². The van der Waals surface area contributed by atoms with Crippen molar-refractivity contribution >= 4 is 16.7 Å². The van der Waals surface area contributed by atoms with Crippen LogP contribution >= 0.6 is 0 Å². The molecule has 1 heterocycles. The highest BCUT2D eigenvalue weighted by molar-refractivity contribution is 6.09. The van der Waals surface area contributed by atoms with Crippen LogP contribution in [0.5, 0.6) is 11.5 Å². The number of methoxy groups -OCH3 is 2. The van der Waals surface area contributed by atoms with Crippen LogP contribution in [0.15, 0.2) is 42.5 Å². The van der Waals surface area contributed by atoms with Gasteiger partial charge in [-0.2, -0.15) is 0 Å². The Kier molecular flexibility index (Phi) is 5.28. The molecule has 2 aromatic carbocycles. The van der Waals surface area contributed by atoms with Gasteiger partial charge in [-0.1, -0.05) is 18.2 Å². The van der Waals surface area contributed by atoms with Gasteiger partial charge in [-0.05, 0) is 31.2 Å². The van der Waals surface area contributed by atoms with E-state index in [9.17, 15) is 4.79 Å². The minimum Gasteiger partial charge on any atom is -0.493 e. The fraction of sp³-hybridized carbons (Fsp3) is 0.286. The van der Waals surface area contributed by atoms with Gasteiger partial charge in [-0.15, -0.1) is 0 Å². The molecule has 1 unspecified atom stereocenters. The van der Waals surface area contributed by atoms with Crippen molar-refractivity contribution in [1.29, 1.82) is 0 Å². The minimum absolute atomic E-state index is 0.151. The first-order valence-corrected chi connectivity index (χ1v) is 8.66. The van der Waals surface area contributed by atoms with Gasteiger partial charge in [-0.25, -0.2) is 0 Å². The quantitative estimate of drug-likeness (QED) is 0.641. The maximum Gasteiger partial charge on any atom is 0.219 e. The molecule has 2 N–H and O–H groups in total. The summed E-state index contributed by atoms with van der Waals surface area (Å²) in [6.45, 7) is 3.11. The van der Waals surface area contributed by atoms with Gasteiger partial charge in [0.15, 0.2) is 11.5 Å². The Morgan fingerprint density at radius 3 is 2.54 bits per heavy atom. The third-order valence-electron chi connectivity index (χ3n) is 4.59. The number of para-hydroxylation sites is 1. The van der Waals surface area contributed by atoms with E-state index in [0.717, 1.165) is 39.2 Å². The molecular formula is C21H25N2O3+. The highest BCUT2D eigenvalue weighted by Gasteiger charge is 2.19. The average molecular weight is 353 g/mol. The maximum absolute atomic E-state index is 12.9. The number of aromatic nitrogens is 1. The number of quaternary nitrogens is 1. The van der Waals surface area contributed by atoms with Crippen molar-refractivity contribution in [3.63, 3.8) is 0 Å². The maximum atomic E-state index is 12.9. The smallest absolute Gasteiger partial charge is 0.219 e. The molecule has 5 nitrogen and oxygen atoms in total. The van der Waals surface area contributed by atoms with E-state index >= 15 is 0 Å². The Morgan fingerprint density at radius 2 is 1.81 bits per heavy atom. The molecule has 0 aliphatic heterocycles. The highest BCUT2D eigenvalue weighted by atomic mass is 16.5. The van der Waals surface area contributed by atoms with Crippen LogP contribution in [0.3, 0.4) is 0 Å². The summed E-state index contributed by atoms with van der Waals surface area (Å²) < 4.78 is 10.6. The number of ketones is 1. The number of hydrogen-bond acceptors (Lipinski definition) is 3. The number of fused-ring (bicyclic) bond motifs is 1. The van der Waals surface area contributed by atoms with E-state index in [1.54, 1.807) is 14.2 Å². The molecule has 1 aromatic heterocycles. The van der Waals surface area contributed by atoms with Crippen molar-refractivity contribution in [2.75, 3.05) is 27.8 Å². The van der Waals surface area contributed by atoms with Crippen molar-refractivity contribution in [3.05, 3.63) is 59.3 Å². The number of ether oxygens (including phenoxy) is 2. The van der Waals surface area contributed by atoms with Gasteiger partial charge in [0.1, 0.15) is 13.1 Å². The predicted molar refractivity (Wildman–Crippen MR) is 102 cm³/mol. The molecule has 0 aliphatic rings. The first-order valence-electron chi connectivity index (χ1n) is 8.66. The van der Waals surface area contributed by atoms with Gasteiger partial charge in [0.05, 0.1) is 26.8 Å². The number of Topliss-reactive ketones (excluding diaryl/α,β-unsaturated/α-hetero) is 1. The van der Waals surface area contributed by atoms with Gasteiger partial charge < -0.3 is 19.4 Å². The molecule has 0 bridgehead atoms. The monoisotopic (exact) mass is 353 g/mol. The van der Waals surface area contributed by atoms with Gasteiger partial charge >= 0.3 is 0 Å². The van der Waals surface area contributed by atoms with Crippen molar-refractivity contribution in [1.82, 2.24) is 4.98 Å². The van der Waals surface area contributed by atoms with E-state index in [1.165, 1.54) is 0 Å². The summed E-state index contributed by atoms with van der Waals surface area (Å²) >= 11 is 0. The van der Waals surface area contributed by atoms with Crippen LogP contribution in [0.25, 0.3) is 10.9 Å². The zero-order chi connectivity index (χ0) is 18.7. The lowest BCUT2D eigenvalue weighted by molar-refractivity contribution is -0.884. The van der Waals surface area contributed by atoms with Crippen LogP contribution in [0.4, 0.5) is 0 Å². The van der Waals surface area contributed by atoms with E-state index < -0.39 is 0 Å². The van der Waals surface area contributed by atoms with Crippen molar-refractivity contribution in [3.8, 4) is 11.5 Å². The minimum atomic E-state index is 0.151. The molecule has 0 saturated heterocycles. The summed E-state index contributed by atoms with van der Waals surface area (Å²) in [4.78, 5) is 17.3. The number of aryl methyl sites for hydroxylation is 1. The summed E-state index contributed by atoms with van der Waals surface area (Å²) in [5.41, 5.74) is 3.83. The normalized spacial score (nSPS) is 12.2. The van der Waals surface area contributed by atoms with Crippen LogP contribution in [0.1, 0.15) is 21.6 Å². The first kappa shape index (κ1) is 18.0. The number of carbonyl (C=O) groups is 1. The zero-order valence-electron chi connectivity index (χ0n) is 15.7. The second-order valence-corrected chi connectivity index (χ2v) is 6.59. The molecule has 136 valence electrons. The lowest BCUT2D eigenvalue weighted by Gasteiger charge is -2.15. The van der Waals surface area contributed by atoms with E-state index in [1.807, 2.05) is 56.4 Å². The average Bonchev–Trinajstić information content (AvgIpc) is 2.97. The lowest BCUT2D eigenvalue weighted by atomic mass is 10.1. The molecule has 0 saturated carbocycles. The van der Waals surface area contributed by atoms with Crippen LogP contribution in [0.2, 0.25) is 0 Å². The molecule has 0 amide bonds.